The maximum absolute atomic E-state index is 3.54. The summed E-state index contributed by atoms with van der Waals surface area (Å²) in [6.07, 6.45) is 0. The van der Waals surface area contributed by atoms with Crippen molar-refractivity contribution in [2.75, 3.05) is 0 Å². The van der Waals surface area contributed by atoms with Crippen molar-refractivity contribution < 1.29 is 0 Å². The van der Waals surface area contributed by atoms with Crippen LogP contribution in [-0.2, 0) is 6.54 Å². The first-order valence-electron chi connectivity index (χ1n) is 5.88. The lowest BCUT2D eigenvalue weighted by molar-refractivity contribution is 0.574. The van der Waals surface area contributed by atoms with Gasteiger partial charge >= 0.3 is 0 Å². The summed E-state index contributed by atoms with van der Waals surface area (Å²) in [5.41, 5.74) is 2.63. The normalized spacial score (nSPS) is 12.4. The van der Waals surface area contributed by atoms with E-state index in [1.54, 1.807) is 0 Å². The number of nitrogens with one attached hydrogen (secondary N) is 1. The molecule has 0 aromatic heterocycles. The minimum Gasteiger partial charge on any atom is -0.306 e. The second kappa shape index (κ2) is 6.68. The van der Waals surface area contributed by atoms with Crippen molar-refractivity contribution in [3.63, 3.8) is 0 Å². The standard InChI is InChI=1S/C15H15BrIN/c1-11(13-4-8-15(17)9-5-13)18-10-12-2-6-14(16)7-3-12/h2-9,11,18H,10H2,1H3. The summed E-state index contributed by atoms with van der Waals surface area (Å²) in [5.74, 6) is 0. The van der Waals surface area contributed by atoms with Crippen molar-refractivity contribution in [1.29, 1.82) is 0 Å². The molecular formula is C15H15BrIN. The molecule has 0 fully saturated rings. The molecule has 1 unspecified atom stereocenters. The molecule has 1 nitrogen and oxygen atoms in total. The monoisotopic (exact) mass is 415 g/mol. The van der Waals surface area contributed by atoms with Crippen molar-refractivity contribution in [3.05, 3.63) is 67.7 Å². The van der Waals surface area contributed by atoms with E-state index in [1.165, 1.54) is 14.7 Å². The average Bonchev–Trinajstić information content (AvgIpc) is 2.38. The van der Waals surface area contributed by atoms with Crippen molar-refractivity contribution in [2.24, 2.45) is 0 Å². The summed E-state index contributed by atoms with van der Waals surface area (Å²) in [6.45, 7) is 3.08. The Morgan fingerprint density at radius 1 is 1.06 bits per heavy atom. The van der Waals surface area contributed by atoms with Gasteiger partial charge in [-0.2, -0.15) is 0 Å². The van der Waals surface area contributed by atoms with Gasteiger partial charge in [-0.15, -0.1) is 0 Å². The van der Waals surface area contributed by atoms with Gasteiger partial charge < -0.3 is 5.32 Å². The average molecular weight is 416 g/mol. The van der Waals surface area contributed by atoms with Gasteiger partial charge in [0.15, 0.2) is 0 Å². The van der Waals surface area contributed by atoms with Crippen LogP contribution in [0.15, 0.2) is 53.0 Å². The molecule has 0 spiro atoms. The molecule has 0 aliphatic rings. The van der Waals surface area contributed by atoms with Crippen molar-refractivity contribution >= 4 is 38.5 Å². The quantitative estimate of drug-likeness (QED) is 0.700. The Bertz CT molecular complexity index is 493. The lowest BCUT2D eigenvalue weighted by atomic mass is 10.1. The first-order valence-corrected chi connectivity index (χ1v) is 7.75. The zero-order valence-electron chi connectivity index (χ0n) is 10.2. The van der Waals surface area contributed by atoms with Crippen LogP contribution in [0, 0.1) is 3.57 Å². The lowest BCUT2D eigenvalue weighted by Gasteiger charge is -2.14. The van der Waals surface area contributed by atoms with E-state index in [1.807, 2.05) is 0 Å². The Balaban J connectivity index is 1.93. The first kappa shape index (κ1) is 14.0. The van der Waals surface area contributed by atoms with Crippen LogP contribution in [0.2, 0.25) is 0 Å². The Kier molecular flexibility index (Phi) is 5.21. The number of benzene rings is 2. The largest absolute Gasteiger partial charge is 0.306 e. The van der Waals surface area contributed by atoms with E-state index in [0.717, 1.165) is 11.0 Å². The summed E-state index contributed by atoms with van der Waals surface area (Å²) in [4.78, 5) is 0. The zero-order chi connectivity index (χ0) is 13.0. The predicted molar refractivity (Wildman–Crippen MR) is 88.6 cm³/mol. The van der Waals surface area contributed by atoms with Crippen molar-refractivity contribution in [3.8, 4) is 0 Å². The molecule has 0 heterocycles. The molecular weight excluding hydrogens is 401 g/mol. The Morgan fingerprint density at radius 3 is 2.28 bits per heavy atom. The molecule has 0 saturated heterocycles. The molecule has 0 aliphatic heterocycles. The fraction of sp³-hybridized carbons (Fsp3) is 0.200. The van der Waals surface area contributed by atoms with E-state index in [9.17, 15) is 0 Å². The van der Waals surface area contributed by atoms with Crippen LogP contribution in [0.5, 0.6) is 0 Å². The van der Waals surface area contributed by atoms with E-state index in [4.69, 9.17) is 0 Å². The smallest absolute Gasteiger partial charge is 0.0294 e. The third kappa shape index (κ3) is 4.07. The minimum atomic E-state index is 0.366. The van der Waals surface area contributed by atoms with Crippen LogP contribution in [-0.4, -0.2) is 0 Å². The van der Waals surface area contributed by atoms with E-state index in [-0.39, 0.29) is 0 Å². The van der Waals surface area contributed by atoms with Crippen LogP contribution >= 0.6 is 38.5 Å². The summed E-state index contributed by atoms with van der Waals surface area (Å²) >= 11 is 5.78. The number of hydrogen-bond donors (Lipinski definition) is 1. The molecule has 0 radical (unpaired) electrons. The second-order valence-electron chi connectivity index (χ2n) is 4.28. The summed E-state index contributed by atoms with van der Waals surface area (Å²) in [7, 11) is 0. The Morgan fingerprint density at radius 2 is 1.67 bits per heavy atom. The van der Waals surface area contributed by atoms with Gasteiger partial charge in [-0.25, -0.2) is 0 Å². The van der Waals surface area contributed by atoms with Gasteiger partial charge in [-0.05, 0) is 64.9 Å². The Labute approximate surface area is 130 Å². The Hall–Kier alpha value is -0.390. The summed E-state index contributed by atoms with van der Waals surface area (Å²) < 4.78 is 2.40. The van der Waals surface area contributed by atoms with E-state index >= 15 is 0 Å². The van der Waals surface area contributed by atoms with Crippen LogP contribution in [0.3, 0.4) is 0 Å². The molecule has 0 amide bonds. The zero-order valence-corrected chi connectivity index (χ0v) is 13.9. The molecule has 1 N–H and O–H groups in total. The van der Waals surface area contributed by atoms with Crippen molar-refractivity contribution in [2.45, 2.75) is 19.5 Å². The molecule has 0 saturated carbocycles. The number of rotatable bonds is 4. The van der Waals surface area contributed by atoms with Crippen molar-refractivity contribution in [1.82, 2.24) is 5.32 Å². The highest BCUT2D eigenvalue weighted by molar-refractivity contribution is 14.1. The van der Waals surface area contributed by atoms with Gasteiger partial charge in [0.25, 0.3) is 0 Å². The number of hydrogen-bond acceptors (Lipinski definition) is 1. The van der Waals surface area contributed by atoms with Gasteiger partial charge in [0.2, 0.25) is 0 Å². The van der Waals surface area contributed by atoms with E-state index in [0.29, 0.717) is 6.04 Å². The minimum absolute atomic E-state index is 0.366. The van der Waals surface area contributed by atoms with E-state index < -0.39 is 0 Å². The molecule has 3 heteroatoms. The maximum Gasteiger partial charge on any atom is 0.0294 e. The highest BCUT2D eigenvalue weighted by Crippen LogP contribution is 2.16. The molecule has 0 aliphatic carbocycles. The highest BCUT2D eigenvalue weighted by atomic mass is 127. The van der Waals surface area contributed by atoms with Gasteiger partial charge in [-0.3, -0.25) is 0 Å². The second-order valence-corrected chi connectivity index (χ2v) is 6.44. The molecule has 94 valence electrons. The fourth-order valence-corrected chi connectivity index (χ4v) is 2.37. The van der Waals surface area contributed by atoms with Gasteiger partial charge in [-0.1, -0.05) is 40.2 Å². The van der Waals surface area contributed by atoms with Crippen LogP contribution < -0.4 is 5.32 Å². The number of halogens is 2. The highest BCUT2D eigenvalue weighted by Gasteiger charge is 2.04. The SMILES string of the molecule is CC(NCc1ccc(Br)cc1)c1ccc(I)cc1. The summed E-state index contributed by atoms with van der Waals surface area (Å²) in [5, 5.41) is 3.54. The molecule has 2 rings (SSSR count). The lowest BCUT2D eigenvalue weighted by Crippen LogP contribution is -2.17. The first-order chi connectivity index (χ1) is 8.65. The summed E-state index contributed by atoms with van der Waals surface area (Å²) in [6, 6.07) is 17.4. The van der Waals surface area contributed by atoms with Gasteiger partial charge in [0.1, 0.15) is 0 Å². The van der Waals surface area contributed by atoms with E-state index in [2.05, 4.69) is 99.3 Å². The topological polar surface area (TPSA) is 12.0 Å². The van der Waals surface area contributed by atoms with Crippen LogP contribution in [0.4, 0.5) is 0 Å². The third-order valence-electron chi connectivity index (χ3n) is 2.90. The molecule has 2 aromatic rings. The predicted octanol–water partition coefficient (Wildman–Crippen LogP) is 4.90. The molecule has 2 aromatic carbocycles. The maximum atomic E-state index is 3.54. The molecule has 0 bridgehead atoms. The van der Waals surface area contributed by atoms with Crippen LogP contribution in [0.1, 0.15) is 24.1 Å². The van der Waals surface area contributed by atoms with Crippen LogP contribution in [0.25, 0.3) is 0 Å². The molecule has 1 atom stereocenters. The van der Waals surface area contributed by atoms with Gasteiger partial charge in [0.05, 0.1) is 0 Å². The van der Waals surface area contributed by atoms with Gasteiger partial charge in [0, 0.05) is 20.6 Å². The third-order valence-corrected chi connectivity index (χ3v) is 4.14. The molecule has 18 heavy (non-hydrogen) atoms. The fourth-order valence-electron chi connectivity index (χ4n) is 1.74.